The number of nitrogen functional groups attached to an aromatic ring is 1. The molecule has 0 aliphatic carbocycles. The first-order valence-electron chi connectivity index (χ1n) is 5.84. The molecule has 0 saturated carbocycles. The first kappa shape index (κ1) is 13.0. The van der Waals surface area contributed by atoms with Gasteiger partial charge < -0.3 is 15.5 Å². The number of hydrogen-bond acceptors (Lipinski definition) is 6. The van der Waals surface area contributed by atoms with E-state index >= 15 is 0 Å². The van der Waals surface area contributed by atoms with Crippen LogP contribution in [0, 0.1) is 0 Å². The normalized spacial score (nSPS) is 21.2. The van der Waals surface area contributed by atoms with Crippen molar-refractivity contribution >= 4 is 34.1 Å². The number of anilines is 2. The molecule has 2 heterocycles. The molecule has 6 heteroatoms. The molecule has 0 spiro atoms. The third-order valence-electron chi connectivity index (χ3n) is 3.28. The number of aromatic nitrogens is 1. The van der Waals surface area contributed by atoms with Crippen molar-refractivity contribution in [3.63, 3.8) is 0 Å². The molecule has 1 fully saturated rings. The number of hydrogen-bond donors (Lipinski definition) is 1. The summed E-state index contributed by atoms with van der Waals surface area (Å²) in [4.78, 5) is 5.90. The average molecular weight is 272 g/mol. The summed E-state index contributed by atoms with van der Waals surface area (Å²) in [5.41, 5.74) is 5.89. The maximum Gasteiger partial charge on any atom is 0.153 e. The summed E-state index contributed by atoms with van der Waals surface area (Å²) >= 11 is 3.23. The highest BCUT2D eigenvalue weighted by molar-refractivity contribution is 7.99. The molecule has 1 aromatic rings. The van der Waals surface area contributed by atoms with Crippen LogP contribution < -0.4 is 10.6 Å². The summed E-state index contributed by atoms with van der Waals surface area (Å²) in [6.45, 7) is 2.21. The van der Waals surface area contributed by atoms with Gasteiger partial charge in [0.15, 0.2) is 5.82 Å². The molecule has 96 valence electrons. The van der Waals surface area contributed by atoms with E-state index in [1.54, 1.807) is 11.8 Å². The van der Waals surface area contributed by atoms with E-state index in [0.717, 1.165) is 18.0 Å². The second-order valence-electron chi connectivity index (χ2n) is 4.61. The molecule has 0 bridgehead atoms. The van der Waals surface area contributed by atoms with E-state index in [1.165, 1.54) is 29.4 Å². The Balaban J connectivity index is 2.16. The number of nitrogens with zero attached hydrogens (tertiary/aromatic N) is 3. The van der Waals surface area contributed by atoms with Crippen LogP contribution in [0.25, 0.3) is 0 Å². The van der Waals surface area contributed by atoms with Crippen molar-refractivity contribution in [1.82, 2.24) is 9.27 Å². The Kier molecular flexibility index (Phi) is 4.17. The van der Waals surface area contributed by atoms with Gasteiger partial charge in [0, 0.05) is 19.1 Å². The highest BCUT2D eigenvalue weighted by atomic mass is 32.2. The lowest BCUT2D eigenvalue weighted by atomic mass is 10.1. The first-order valence-corrected chi connectivity index (χ1v) is 7.83. The lowest BCUT2D eigenvalue weighted by Gasteiger charge is -2.36. The minimum Gasteiger partial charge on any atom is -0.382 e. The van der Waals surface area contributed by atoms with E-state index in [2.05, 4.69) is 34.5 Å². The van der Waals surface area contributed by atoms with Gasteiger partial charge in [0.25, 0.3) is 0 Å². The molecule has 1 aliphatic heterocycles. The van der Waals surface area contributed by atoms with Crippen LogP contribution in [-0.4, -0.2) is 48.8 Å². The SMILES string of the molecule is CSc1c(N)nsc1N1CCCC(N(C)C)C1. The van der Waals surface area contributed by atoms with Crippen molar-refractivity contribution in [3.8, 4) is 0 Å². The van der Waals surface area contributed by atoms with Crippen molar-refractivity contribution in [2.24, 2.45) is 0 Å². The molecular formula is C11H20N4S2. The molecule has 2 rings (SSSR count). The minimum absolute atomic E-state index is 0.641. The Morgan fingerprint density at radius 1 is 1.53 bits per heavy atom. The van der Waals surface area contributed by atoms with Gasteiger partial charge in [-0.15, -0.1) is 11.8 Å². The number of rotatable bonds is 3. The van der Waals surface area contributed by atoms with Crippen molar-refractivity contribution in [3.05, 3.63) is 0 Å². The van der Waals surface area contributed by atoms with Crippen molar-refractivity contribution in [2.45, 2.75) is 23.8 Å². The van der Waals surface area contributed by atoms with Crippen LogP contribution >= 0.6 is 23.3 Å². The largest absolute Gasteiger partial charge is 0.382 e. The third-order valence-corrected chi connectivity index (χ3v) is 5.14. The predicted octanol–water partition coefficient (Wildman–Crippen LogP) is 1.98. The van der Waals surface area contributed by atoms with Gasteiger partial charge in [0.05, 0.1) is 4.90 Å². The second kappa shape index (κ2) is 5.46. The zero-order valence-corrected chi connectivity index (χ0v) is 12.3. The number of thioether (sulfide) groups is 1. The molecule has 1 atom stereocenters. The zero-order chi connectivity index (χ0) is 12.4. The molecule has 1 saturated heterocycles. The Labute approximate surface area is 111 Å². The smallest absolute Gasteiger partial charge is 0.153 e. The van der Waals surface area contributed by atoms with Gasteiger partial charge in [-0.2, -0.15) is 4.37 Å². The molecule has 4 nitrogen and oxygen atoms in total. The molecule has 2 N–H and O–H groups in total. The fourth-order valence-corrected chi connectivity index (χ4v) is 3.96. The molecule has 0 amide bonds. The highest BCUT2D eigenvalue weighted by Crippen LogP contribution is 2.38. The van der Waals surface area contributed by atoms with Gasteiger partial charge in [-0.1, -0.05) is 0 Å². The molecule has 1 unspecified atom stereocenters. The Hall–Kier alpha value is -0.460. The summed E-state index contributed by atoms with van der Waals surface area (Å²) < 4.78 is 4.28. The van der Waals surface area contributed by atoms with Crippen molar-refractivity contribution < 1.29 is 0 Å². The fraction of sp³-hybridized carbons (Fsp3) is 0.727. The Morgan fingerprint density at radius 2 is 2.29 bits per heavy atom. The molecule has 1 aliphatic rings. The van der Waals surface area contributed by atoms with E-state index in [1.807, 2.05) is 0 Å². The average Bonchev–Trinajstić information content (AvgIpc) is 2.70. The van der Waals surface area contributed by atoms with Crippen LogP contribution in [-0.2, 0) is 0 Å². The van der Waals surface area contributed by atoms with Gasteiger partial charge in [0.2, 0.25) is 0 Å². The molecule has 17 heavy (non-hydrogen) atoms. The standard InChI is InChI=1S/C11H20N4S2/c1-14(2)8-5-4-6-15(7-8)11-9(16-3)10(12)13-17-11/h8H,4-7H2,1-3H3,(H2,12,13). The molecule has 0 radical (unpaired) electrons. The second-order valence-corrected chi connectivity index (χ2v) is 6.18. The topological polar surface area (TPSA) is 45.4 Å². The minimum atomic E-state index is 0.641. The van der Waals surface area contributed by atoms with Gasteiger partial charge >= 0.3 is 0 Å². The maximum absolute atomic E-state index is 5.89. The van der Waals surface area contributed by atoms with Crippen LogP contribution in [0.15, 0.2) is 4.90 Å². The van der Waals surface area contributed by atoms with E-state index in [9.17, 15) is 0 Å². The lowest BCUT2D eigenvalue weighted by molar-refractivity contribution is 0.258. The molecular weight excluding hydrogens is 252 g/mol. The number of nitrogens with two attached hydrogens (primary N) is 1. The Morgan fingerprint density at radius 3 is 2.94 bits per heavy atom. The van der Waals surface area contributed by atoms with E-state index in [4.69, 9.17) is 5.73 Å². The monoisotopic (exact) mass is 272 g/mol. The number of likely N-dealkylation sites (N-methyl/N-ethyl adjacent to an activating group) is 1. The van der Waals surface area contributed by atoms with Crippen molar-refractivity contribution in [2.75, 3.05) is 44.1 Å². The van der Waals surface area contributed by atoms with Gasteiger partial charge in [0.1, 0.15) is 5.00 Å². The zero-order valence-electron chi connectivity index (χ0n) is 10.6. The quantitative estimate of drug-likeness (QED) is 0.853. The maximum atomic E-state index is 5.89. The van der Waals surface area contributed by atoms with Gasteiger partial charge in [-0.25, -0.2) is 0 Å². The lowest BCUT2D eigenvalue weighted by Crippen LogP contribution is -2.45. The van der Waals surface area contributed by atoms with E-state index in [-0.39, 0.29) is 0 Å². The van der Waals surface area contributed by atoms with E-state index < -0.39 is 0 Å². The van der Waals surface area contributed by atoms with Crippen molar-refractivity contribution in [1.29, 1.82) is 0 Å². The predicted molar refractivity (Wildman–Crippen MR) is 77.2 cm³/mol. The summed E-state index contributed by atoms with van der Waals surface area (Å²) in [6.07, 6.45) is 4.60. The number of piperidine rings is 1. The van der Waals surface area contributed by atoms with Crippen LogP contribution in [0.3, 0.4) is 0 Å². The fourth-order valence-electron chi connectivity index (χ4n) is 2.24. The first-order chi connectivity index (χ1) is 8.13. The van der Waals surface area contributed by atoms with Crippen LogP contribution in [0.4, 0.5) is 10.8 Å². The molecule has 1 aromatic heterocycles. The summed E-state index contributed by atoms with van der Waals surface area (Å²) in [6, 6.07) is 0.641. The van der Waals surface area contributed by atoms with E-state index in [0.29, 0.717) is 11.9 Å². The Bertz CT molecular complexity index is 378. The molecule has 0 aromatic carbocycles. The van der Waals surface area contributed by atoms with Crippen LogP contribution in [0.1, 0.15) is 12.8 Å². The summed E-state index contributed by atoms with van der Waals surface area (Å²) in [5.74, 6) is 0.685. The van der Waals surface area contributed by atoms with Crippen LogP contribution in [0.2, 0.25) is 0 Å². The van der Waals surface area contributed by atoms with Crippen LogP contribution in [0.5, 0.6) is 0 Å². The van der Waals surface area contributed by atoms with Gasteiger partial charge in [-0.3, -0.25) is 0 Å². The third kappa shape index (κ3) is 2.69. The highest BCUT2D eigenvalue weighted by Gasteiger charge is 2.25. The van der Waals surface area contributed by atoms with Gasteiger partial charge in [-0.05, 0) is 44.7 Å². The summed E-state index contributed by atoms with van der Waals surface area (Å²) in [5, 5.41) is 1.25. The summed E-state index contributed by atoms with van der Waals surface area (Å²) in [7, 11) is 4.31.